The topological polar surface area (TPSA) is 15.3 Å². The number of hydrogen-bond donors (Lipinski definition) is 1. The van der Waals surface area contributed by atoms with Crippen molar-refractivity contribution < 1.29 is 4.39 Å². The van der Waals surface area contributed by atoms with Crippen LogP contribution in [-0.2, 0) is 0 Å². The first-order valence-corrected chi connectivity index (χ1v) is 8.04. The zero-order chi connectivity index (χ0) is 15.1. The van der Waals surface area contributed by atoms with Gasteiger partial charge < -0.3 is 5.32 Å². The molecule has 1 aliphatic rings. The molecule has 0 spiro atoms. The Balaban J connectivity index is 0.00000242. The van der Waals surface area contributed by atoms with Gasteiger partial charge >= 0.3 is 0 Å². The highest BCUT2D eigenvalue weighted by Gasteiger charge is 2.23. The maximum atomic E-state index is 13.9. The number of benzene rings is 1. The van der Waals surface area contributed by atoms with Crippen molar-refractivity contribution in [1.82, 2.24) is 10.2 Å². The largest absolute Gasteiger partial charge is 0.314 e. The summed E-state index contributed by atoms with van der Waals surface area (Å²) in [6.07, 6.45) is 6.47. The summed E-state index contributed by atoms with van der Waals surface area (Å²) in [5.41, 5.74) is 1.97. The lowest BCUT2D eigenvalue weighted by Crippen LogP contribution is -2.45. The van der Waals surface area contributed by atoms with Crippen molar-refractivity contribution in [3.05, 3.63) is 47.8 Å². The fraction of sp³-hybridized carbons (Fsp3) is 0.556. The molecule has 2 nitrogen and oxygen atoms in total. The minimum absolute atomic E-state index is 0. The molecule has 22 heavy (non-hydrogen) atoms. The molecule has 0 amide bonds. The van der Waals surface area contributed by atoms with Gasteiger partial charge in [-0.25, -0.2) is 4.39 Å². The molecule has 1 fully saturated rings. The van der Waals surface area contributed by atoms with Gasteiger partial charge in [-0.3, -0.25) is 4.90 Å². The molecule has 1 saturated heterocycles. The van der Waals surface area contributed by atoms with E-state index < -0.39 is 0 Å². The molecule has 2 rings (SSSR count). The van der Waals surface area contributed by atoms with Crippen LogP contribution in [0.1, 0.15) is 42.9 Å². The van der Waals surface area contributed by atoms with E-state index in [-0.39, 0.29) is 18.2 Å². The van der Waals surface area contributed by atoms with Crippen LogP contribution in [-0.4, -0.2) is 31.1 Å². The maximum Gasteiger partial charge on any atom is 0.126 e. The van der Waals surface area contributed by atoms with Crippen LogP contribution in [0.4, 0.5) is 4.39 Å². The van der Waals surface area contributed by atoms with Crippen molar-refractivity contribution in [2.75, 3.05) is 26.2 Å². The monoisotopic (exact) mass is 326 g/mol. The molecule has 4 heteroatoms. The first-order valence-electron chi connectivity index (χ1n) is 8.04. The summed E-state index contributed by atoms with van der Waals surface area (Å²) in [4.78, 5) is 2.51. The van der Waals surface area contributed by atoms with Gasteiger partial charge in [0.15, 0.2) is 0 Å². The van der Waals surface area contributed by atoms with Gasteiger partial charge in [0.2, 0.25) is 0 Å². The van der Waals surface area contributed by atoms with E-state index in [4.69, 9.17) is 0 Å². The Bertz CT molecular complexity index is 458. The standard InChI is InChI=1S/C18H27FN2.ClH/c1-3-4-5-6-10-18(21-13-11-20-12-14-21)16-8-7-9-17(19)15(16)2;/h3,7-9,18,20H,1,4-6,10-14H2,2H3;1H/t18-;/m0./s1. The first kappa shape index (κ1) is 19.1. The first-order chi connectivity index (χ1) is 10.2. The summed E-state index contributed by atoms with van der Waals surface area (Å²) in [5, 5.41) is 3.39. The normalized spacial score (nSPS) is 16.8. The fourth-order valence-corrected chi connectivity index (χ4v) is 3.14. The van der Waals surface area contributed by atoms with Crippen molar-refractivity contribution in [2.45, 2.75) is 38.6 Å². The van der Waals surface area contributed by atoms with E-state index in [2.05, 4.69) is 22.9 Å². The van der Waals surface area contributed by atoms with Gasteiger partial charge in [-0.1, -0.05) is 24.6 Å². The predicted molar refractivity (Wildman–Crippen MR) is 94.2 cm³/mol. The zero-order valence-corrected chi connectivity index (χ0v) is 14.3. The molecule has 0 bridgehead atoms. The molecule has 0 unspecified atom stereocenters. The smallest absolute Gasteiger partial charge is 0.126 e. The number of nitrogens with zero attached hydrogens (tertiary/aromatic N) is 1. The molecule has 1 aromatic rings. The molecule has 1 aromatic carbocycles. The summed E-state index contributed by atoms with van der Waals surface area (Å²) in [7, 11) is 0. The lowest BCUT2D eigenvalue weighted by Gasteiger charge is -2.36. The number of nitrogens with one attached hydrogen (secondary N) is 1. The summed E-state index contributed by atoms with van der Waals surface area (Å²) in [6.45, 7) is 9.83. The average molecular weight is 327 g/mol. The molecular formula is C18H28ClFN2. The van der Waals surface area contributed by atoms with Gasteiger partial charge in [0.1, 0.15) is 5.82 Å². The van der Waals surface area contributed by atoms with E-state index in [0.717, 1.165) is 56.6 Å². The Kier molecular flexibility index (Phi) is 8.69. The third-order valence-electron chi connectivity index (χ3n) is 4.40. The van der Waals surface area contributed by atoms with Crippen molar-refractivity contribution in [2.24, 2.45) is 0 Å². The second-order valence-electron chi connectivity index (χ2n) is 5.83. The van der Waals surface area contributed by atoms with Gasteiger partial charge in [0.05, 0.1) is 0 Å². The van der Waals surface area contributed by atoms with Gasteiger partial charge in [-0.05, 0) is 43.4 Å². The third-order valence-corrected chi connectivity index (χ3v) is 4.40. The Morgan fingerprint density at radius 1 is 1.32 bits per heavy atom. The van der Waals surface area contributed by atoms with Gasteiger partial charge in [0.25, 0.3) is 0 Å². The predicted octanol–water partition coefficient (Wildman–Crippen LogP) is 4.25. The maximum absolute atomic E-state index is 13.9. The quantitative estimate of drug-likeness (QED) is 0.595. The number of allylic oxidation sites excluding steroid dienone is 1. The number of piperazine rings is 1. The third kappa shape index (κ3) is 5.08. The minimum atomic E-state index is -0.0845. The van der Waals surface area contributed by atoms with E-state index in [1.807, 2.05) is 19.1 Å². The lowest BCUT2D eigenvalue weighted by atomic mass is 9.94. The molecule has 1 N–H and O–H groups in total. The van der Waals surface area contributed by atoms with Gasteiger partial charge in [0, 0.05) is 32.2 Å². The van der Waals surface area contributed by atoms with Gasteiger partial charge in [-0.15, -0.1) is 19.0 Å². The highest BCUT2D eigenvalue weighted by molar-refractivity contribution is 5.85. The minimum Gasteiger partial charge on any atom is -0.314 e. The van der Waals surface area contributed by atoms with Crippen LogP contribution < -0.4 is 5.32 Å². The number of halogens is 2. The van der Waals surface area contributed by atoms with Crippen LogP contribution in [0, 0.1) is 12.7 Å². The second-order valence-corrected chi connectivity index (χ2v) is 5.83. The molecule has 124 valence electrons. The van der Waals surface area contributed by atoms with E-state index in [0.29, 0.717) is 6.04 Å². The fourth-order valence-electron chi connectivity index (χ4n) is 3.14. The summed E-state index contributed by atoms with van der Waals surface area (Å²) >= 11 is 0. The van der Waals surface area contributed by atoms with Crippen LogP contribution in [0.3, 0.4) is 0 Å². The van der Waals surface area contributed by atoms with Crippen molar-refractivity contribution >= 4 is 12.4 Å². The van der Waals surface area contributed by atoms with E-state index in [1.165, 1.54) is 6.42 Å². The van der Waals surface area contributed by atoms with Crippen molar-refractivity contribution in [1.29, 1.82) is 0 Å². The highest BCUT2D eigenvalue weighted by atomic mass is 35.5. The lowest BCUT2D eigenvalue weighted by molar-refractivity contribution is 0.162. The van der Waals surface area contributed by atoms with Crippen molar-refractivity contribution in [3.8, 4) is 0 Å². The Hall–Kier alpha value is -0.900. The Morgan fingerprint density at radius 3 is 2.73 bits per heavy atom. The molecule has 0 aromatic heterocycles. The van der Waals surface area contributed by atoms with Crippen LogP contribution in [0.2, 0.25) is 0 Å². The molecule has 0 aliphatic carbocycles. The van der Waals surface area contributed by atoms with Crippen LogP contribution in [0.15, 0.2) is 30.9 Å². The summed E-state index contributed by atoms with van der Waals surface area (Å²) in [5.74, 6) is -0.0845. The number of rotatable bonds is 7. The van der Waals surface area contributed by atoms with Crippen LogP contribution >= 0.6 is 12.4 Å². The molecule has 0 saturated carbocycles. The Morgan fingerprint density at radius 2 is 2.05 bits per heavy atom. The van der Waals surface area contributed by atoms with Crippen LogP contribution in [0.25, 0.3) is 0 Å². The molecule has 1 atom stereocenters. The Labute approximate surface area is 140 Å². The number of hydrogen-bond acceptors (Lipinski definition) is 2. The van der Waals surface area contributed by atoms with Gasteiger partial charge in [-0.2, -0.15) is 0 Å². The highest BCUT2D eigenvalue weighted by Crippen LogP contribution is 2.30. The number of unbranched alkanes of at least 4 members (excludes halogenated alkanes) is 2. The van der Waals surface area contributed by atoms with Crippen LogP contribution in [0.5, 0.6) is 0 Å². The van der Waals surface area contributed by atoms with E-state index in [9.17, 15) is 4.39 Å². The van der Waals surface area contributed by atoms with E-state index >= 15 is 0 Å². The molecular weight excluding hydrogens is 299 g/mol. The molecule has 0 radical (unpaired) electrons. The average Bonchev–Trinajstić information content (AvgIpc) is 2.52. The molecule has 1 aliphatic heterocycles. The summed E-state index contributed by atoms with van der Waals surface area (Å²) < 4.78 is 13.9. The molecule has 1 heterocycles. The second kappa shape index (κ2) is 9.98. The SMILES string of the molecule is C=CCCCC[C@@H](c1cccc(F)c1C)N1CCNCC1.Cl. The summed E-state index contributed by atoms with van der Waals surface area (Å²) in [6, 6.07) is 5.84. The zero-order valence-electron chi connectivity index (χ0n) is 13.5. The van der Waals surface area contributed by atoms with E-state index in [1.54, 1.807) is 6.07 Å². The van der Waals surface area contributed by atoms with Crippen molar-refractivity contribution in [3.63, 3.8) is 0 Å².